The Kier molecular flexibility index (Phi) is 8.15. The van der Waals surface area contributed by atoms with E-state index in [0.717, 1.165) is 6.21 Å². The van der Waals surface area contributed by atoms with Gasteiger partial charge in [0.1, 0.15) is 23.5 Å². The third kappa shape index (κ3) is 6.04. The first-order valence-electron chi connectivity index (χ1n) is 11.7. The average molecular weight is 513 g/mol. The van der Waals surface area contributed by atoms with Crippen molar-refractivity contribution < 1.29 is 22.7 Å². The van der Waals surface area contributed by atoms with Crippen LogP contribution >= 0.6 is 0 Å². The number of ether oxygens (including phenoxy) is 1. The van der Waals surface area contributed by atoms with Gasteiger partial charge >= 0.3 is 0 Å². The summed E-state index contributed by atoms with van der Waals surface area (Å²) in [6.07, 6.45) is 4.51. The summed E-state index contributed by atoms with van der Waals surface area (Å²) >= 11 is 0. The number of halogens is 3. The van der Waals surface area contributed by atoms with Crippen LogP contribution in [0.15, 0.2) is 72.7 Å². The maximum Gasteiger partial charge on any atom is 0.277 e. The summed E-state index contributed by atoms with van der Waals surface area (Å²) in [4.78, 5) is 12.7. The third-order valence-corrected chi connectivity index (χ3v) is 5.95. The van der Waals surface area contributed by atoms with Crippen LogP contribution < -0.4 is 15.1 Å². The lowest BCUT2D eigenvalue weighted by molar-refractivity contribution is -0.141. The quantitative estimate of drug-likeness (QED) is 0.292. The Morgan fingerprint density at radius 1 is 1.24 bits per heavy atom. The number of rotatable bonds is 9. The molecular formula is C28H31F3N4O2. The maximum atomic E-state index is 14.4. The van der Waals surface area contributed by atoms with Gasteiger partial charge in [-0.05, 0) is 76.2 Å². The van der Waals surface area contributed by atoms with Gasteiger partial charge in [-0.25, -0.2) is 13.2 Å². The molecule has 2 atom stereocenters. The second-order valence-electron chi connectivity index (χ2n) is 9.18. The van der Waals surface area contributed by atoms with E-state index < -0.39 is 35.4 Å². The summed E-state index contributed by atoms with van der Waals surface area (Å²) in [7, 11) is 1.47. The number of anilines is 2. The molecule has 0 spiro atoms. The van der Waals surface area contributed by atoms with Crippen LogP contribution in [0.3, 0.4) is 0 Å². The highest BCUT2D eigenvalue weighted by atomic mass is 19.1. The molecule has 1 unspecified atom stereocenters. The van der Waals surface area contributed by atoms with Gasteiger partial charge in [0.2, 0.25) is 0 Å². The Morgan fingerprint density at radius 2 is 1.95 bits per heavy atom. The van der Waals surface area contributed by atoms with E-state index in [4.69, 9.17) is 10.1 Å². The maximum absolute atomic E-state index is 14.4. The van der Waals surface area contributed by atoms with Crippen LogP contribution in [0, 0.1) is 11.2 Å². The van der Waals surface area contributed by atoms with Crippen molar-refractivity contribution >= 4 is 23.5 Å². The molecule has 0 bridgehead atoms. The zero-order valence-electron chi connectivity index (χ0n) is 21.5. The van der Waals surface area contributed by atoms with Crippen LogP contribution in [0.4, 0.5) is 24.5 Å². The van der Waals surface area contributed by atoms with Gasteiger partial charge in [0.05, 0.1) is 11.7 Å². The van der Waals surface area contributed by atoms with E-state index in [9.17, 15) is 18.0 Å². The Morgan fingerprint density at radius 3 is 2.57 bits per heavy atom. The second-order valence-corrected chi connectivity index (χ2v) is 9.18. The highest BCUT2D eigenvalue weighted by Gasteiger charge is 2.43. The molecule has 2 N–H and O–H groups in total. The molecule has 0 saturated heterocycles. The Hall–Kier alpha value is -4.01. The Balaban J connectivity index is 1.89. The van der Waals surface area contributed by atoms with Gasteiger partial charge in [-0.1, -0.05) is 12.7 Å². The summed E-state index contributed by atoms with van der Waals surface area (Å²) in [5, 5.41) is 13.6. The van der Waals surface area contributed by atoms with Crippen molar-refractivity contribution in [3.05, 3.63) is 89.7 Å². The summed E-state index contributed by atoms with van der Waals surface area (Å²) in [5.41, 5.74) is 0.384. The first-order valence-corrected chi connectivity index (χ1v) is 11.7. The van der Waals surface area contributed by atoms with Gasteiger partial charge < -0.3 is 15.5 Å². The number of amides is 1. The molecule has 1 amide bonds. The van der Waals surface area contributed by atoms with Crippen LogP contribution in [0.5, 0.6) is 5.75 Å². The van der Waals surface area contributed by atoms with E-state index in [1.807, 2.05) is 0 Å². The van der Waals surface area contributed by atoms with Crippen molar-refractivity contribution in [1.82, 2.24) is 5.01 Å². The Bertz CT molecular complexity index is 1270. The van der Waals surface area contributed by atoms with Crippen molar-refractivity contribution in [3.8, 4) is 5.75 Å². The molecule has 1 aliphatic heterocycles. The van der Waals surface area contributed by atoms with E-state index in [1.54, 1.807) is 37.1 Å². The van der Waals surface area contributed by atoms with E-state index in [0.29, 0.717) is 33.9 Å². The summed E-state index contributed by atoms with van der Waals surface area (Å²) in [6, 6.07) is 8.65. The van der Waals surface area contributed by atoms with E-state index >= 15 is 0 Å². The highest BCUT2D eigenvalue weighted by molar-refractivity contribution is 5.87. The van der Waals surface area contributed by atoms with Gasteiger partial charge in [0.25, 0.3) is 5.91 Å². The molecule has 9 heteroatoms. The Labute approximate surface area is 215 Å². The number of fused-ring (bicyclic) bond motifs is 1. The van der Waals surface area contributed by atoms with Crippen LogP contribution in [0.25, 0.3) is 0 Å². The van der Waals surface area contributed by atoms with Crippen molar-refractivity contribution in [1.29, 1.82) is 5.41 Å². The molecule has 0 aliphatic carbocycles. The van der Waals surface area contributed by atoms with E-state index in [1.165, 1.54) is 62.3 Å². The molecule has 196 valence electrons. The van der Waals surface area contributed by atoms with Crippen molar-refractivity contribution in [2.45, 2.75) is 45.5 Å². The number of benzene rings is 2. The first kappa shape index (κ1) is 27.6. The first-order chi connectivity index (χ1) is 17.4. The zero-order chi connectivity index (χ0) is 27.5. The molecule has 0 fully saturated rings. The molecule has 37 heavy (non-hydrogen) atoms. The van der Waals surface area contributed by atoms with Gasteiger partial charge in [-0.15, -0.1) is 0 Å². The fourth-order valence-electron chi connectivity index (χ4n) is 4.13. The predicted molar refractivity (Wildman–Crippen MR) is 141 cm³/mol. The third-order valence-electron chi connectivity index (χ3n) is 5.95. The van der Waals surface area contributed by atoms with E-state index in [2.05, 4.69) is 11.9 Å². The normalized spacial score (nSPS) is 17.5. The molecule has 0 aromatic heterocycles. The monoisotopic (exact) mass is 512 g/mol. The lowest BCUT2D eigenvalue weighted by Crippen LogP contribution is -2.53. The smallest absolute Gasteiger partial charge is 0.277 e. The molecule has 1 aliphatic rings. The number of hydrazine groups is 1. The number of nitrogens with one attached hydrogen (secondary N) is 2. The molecule has 3 rings (SSSR count). The number of nitrogens with zero attached hydrogens (tertiary/aromatic N) is 2. The number of hydrogen-bond donors (Lipinski definition) is 2. The van der Waals surface area contributed by atoms with Crippen molar-refractivity contribution in [2.75, 3.05) is 17.4 Å². The zero-order valence-corrected chi connectivity index (χ0v) is 21.5. The minimum absolute atomic E-state index is 0.402. The SMILES string of the molecule is C=C(/C=C\C(F)=C/C)Nc1ccc(O[C@@H]2c3cc(F)ccc3N(N(C)C(=O)C(C)(C)F)C2C)cc1C=N. The average Bonchev–Trinajstić information content (AvgIpc) is 3.12. The molecular weight excluding hydrogens is 481 g/mol. The lowest BCUT2D eigenvalue weighted by Gasteiger charge is -2.37. The van der Waals surface area contributed by atoms with Crippen molar-refractivity contribution in [2.24, 2.45) is 0 Å². The predicted octanol–water partition coefficient (Wildman–Crippen LogP) is 6.63. The lowest BCUT2D eigenvalue weighted by atomic mass is 10.1. The van der Waals surface area contributed by atoms with Crippen LogP contribution in [0.1, 0.15) is 44.9 Å². The second kappa shape index (κ2) is 10.9. The summed E-state index contributed by atoms with van der Waals surface area (Å²) in [6.45, 7) is 9.58. The van der Waals surface area contributed by atoms with Gasteiger partial charge in [0, 0.05) is 35.8 Å². The van der Waals surface area contributed by atoms with Crippen LogP contribution in [-0.2, 0) is 4.79 Å². The molecule has 6 nitrogen and oxygen atoms in total. The fraction of sp³-hybridized carbons (Fsp3) is 0.286. The molecule has 2 aromatic rings. The highest BCUT2D eigenvalue weighted by Crippen LogP contribution is 2.43. The molecule has 1 heterocycles. The fourth-order valence-corrected chi connectivity index (χ4v) is 4.13. The largest absolute Gasteiger partial charge is 0.483 e. The van der Waals surface area contributed by atoms with Crippen LogP contribution in [-0.4, -0.2) is 35.9 Å². The minimum Gasteiger partial charge on any atom is -0.483 e. The summed E-state index contributed by atoms with van der Waals surface area (Å²) in [5.74, 6) is -1.22. The number of alkyl halides is 1. The molecule has 2 aromatic carbocycles. The van der Waals surface area contributed by atoms with Gasteiger partial charge in [0.15, 0.2) is 5.67 Å². The summed E-state index contributed by atoms with van der Waals surface area (Å²) < 4.78 is 48.3. The molecule has 0 saturated carbocycles. The van der Waals surface area contributed by atoms with E-state index in [-0.39, 0.29) is 0 Å². The van der Waals surface area contributed by atoms with Gasteiger partial charge in [-0.3, -0.25) is 14.8 Å². The minimum atomic E-state index is -2.10. The molecule has 0 radical (unpaired) electrons. The van der Waals surface area contributed by atoms with Crippen molar-refractivity contribution in [3.63, 3.8) is 0 Å². The topological polar surface area (TPSA) is 68.7 Å². The number of allylic oxidation sites excluding steroid dienone is 4. The number of carbonyl (C=O) groups excluding carboxylic acids is 1. The van der Waals surface area contributed by atoms with Crippen LogP contribution in [0.2, 0.25) is 0 Å². The number of carbonyl (C=O) groups is 1. The standard InChI is InChI=1S/C28H31F3N4O2/c1-7-20(29)9-8-17(2)33-24-12-11-22(14-19(24)16-32)37-26-18(3)35(34(6)27(36)28(4,5)31)25-13-10-21(30)15-23(25)26/h7-16,18,26,32-33H,2H2,1,3-6H3/b9-8-,20-7+,32-16?/t18?,26-/m0/s1. The number of hydrogen-bond acceptors (Lipinski definition) is 5. The van der Waals surface area contributed by atoms with Gasteiger partial charge in [-0.2, -0.15) is 0 Å².